The maximum Gasteiger partial charge on any atom is 0.323 e. The average Bonchev–Trinajstić information content (AvgIpc) is 2.93. The highest BCUT2D eigenvalue weighted by Gasteiger charge is 2.23. The van der Waals surface area contributed by atoms with Crippen molar-refractivity contribution < 1.29 is 18.7 Å². The van der Waals surface area contributed by atoms with Crippen LogP contribution in [0.3, 0.4) is 0 Å². The van der Waals surface area contributed by atoms with Crippen molar-refractivity contribution in [3.63, 3.8) is 0 Å². The van der Waals surface area contributed by atoms with E-state index in [0.717, 1.165) is 19.4 Å². The average molecular weight is 267 g/mol. The van der Waals surface area contributed by atoms with Gasteiger partial charge in [-0.2, -0.15) is 0 Å². The van der Waals surface area contributed by atoms with E-state index in [1.807, 2.05) is 0 Å². The number of ether oxygens (including phenoxy) is 2. The Hall–Kier alpha value is -1.62. The molecule has 5 heteroatoms. The molecule has 0 radical (unpaired) electrons. The lowest BCUT2D eigenvalue weighted by Gasteiger charge is -2.11. The van der Waals surface area contributed by atoms with Crippen LogP contribution < -0.4 is 10.1 Å². The first-order valence-electron chi connectivity index (χ1n) is 6.52. The number of hydrogen-bond donors (Lipinski definition) is 1. The highest BCUT2D eigenvalue weighted by Crippen LogP contribution is 2.19. The first-order valence-corrected chi connectivity index (χ1v) is 6.52. The normalized spacial score (nSPS) is 18.3. The number of hydrogen-bond acceptors (Lipinski definition) is 4. The van der Waals surface area contributed by atoms with E-state index >= 15 is 0 Å². The molecule has 1 aliphatic rings. The number of halogens is 1. The Morgan fingerprint density at radius 3 is 3.00 bits per heavy atom. The third-order valence-electron chi connectivity index (χ3n) is 3.02. The lowest BCUT2D eigenvalue weighted by atomic mass is 10.2. The molecule has 104 valence electrons. The second-order valence-corrected chi connectivity index (χ2v) is 4.45. The zero-order valence-corrected chi connectivity index (χ0v) is 10.9. The molecule has 2 rings (SSSR count). The van der Waals surface area contributed by atoms with Crippen LogP contribution in [0.2, 0.25) is 0 Å². The van der Waals surface area contributed by atoms with Crippen molar-refractivity contribution in [3.05, 3.63) is 29.6 Å². The van der Waals surface area contributed by atoms with Crippen LogP contribution in [0.15, 0.2) is 18.2 Å². The zero-order valence-electron chi connectivity index (χ0n) is 10.9. The third-order valence-corrected chi connectivity index (χ3v) is 3.02. The minimum atomic E-state index is -0.436. The number of esters is 1. The van der Waals surface area contributed by atoms with Crippen LogP contribution in [0.5, 0.6) is 5.75 Å². The molecule has 0 saturated carbocycles. The predicted molar refractivity (Wildman–Crippen MR) is 68.4 cm³/mol. The van der Waals surface area contributed by atoms with E-state index in [0.29, 0.717) is 12.2 Å². The second-order valence-electron chi connectivity index (χ2n) is 4.45. The fraction of sp³-hybridized carbons (Fsp3) is 0.500. The second kappa shape index (κ2) is 6.52. The maximum atomic E-state index is 13.6. The highest BCUT2D eigenvalue weighted by atomic mass is 19.1. The molecule has 0 aromatic heterocycles. The molecular formula is C14H18FNO3. The predicted octanol–water partition coefficient (Wildman–Crippen LogP) is 2.02. The summed E-state index contributed by atoms with van der Waals surface area (Å²) in [6.07, 6.45) is 1.79. The number of carbonyl (C=O) groups is 1. The Labute approximate surface area is 111 Å². The fourth-order valence-corrected chi connectivity index (χ4v) is 2.05. The van der Waals surface area contributed by atoms with Gasteiger partial charge in [0, 0.05) is 0 Å². The molecule has 1 atom stereocenters. The molecule has 1 aliphatic heterocycles. The number of carbonyl (C=O) groups excluding carboxylic acids is 1. The van der Waals surface area contributed by atoms with Gasteiger partial charge in [-0.25, -0.2) is 4.39 Å². The van der Waals surface area contributed by atoms with Gasteiger partial charge < -0.3 is 14.8 Å². The Kier molecular flexibility index (Phi) is 4.74. The summed E-state index contributed by atoms with van der Waals surface area (Å²) in [6, 6.07) is 4.37. The fourth-order valence-electron chi connectivity index (χ4n) is 2.05. The number of nitrogens with one attached hydrogen (secondary N) is 1. The highest BCUT2D eigenvalue weighted by molar-refractivity contribution is 5.76. The number of rotatable bonds is 5. The van der Waals surface area contributed by atoms with Gasteiger partial charge >= 0.3 is 5.97 Å². The molecule has 4 nitrogen and oxygen atoms in total. The molecule has 0 amide bonds. The minimum Gasteiger partial charge on any atom is -0.491 e. The Morgan fingerprint density at radius 2 is 2.37 bits per heavy atom. The molecule has 0 spiro atoms. The summed E-state index contributed by atoms with van der Waals surface area (Å²) in [6.45, 7) is 3.14. The molecule has 1 fully saturated rings. The lowest BCUT2D eigenvalue weighted by Crippen LogP contribution is -2.32. The molecule has 1 heterocycles. The molecule has 1 unspecified atom stereocenters. The molecule has 0 bridgehead atoms. The van der Waals surface area contributed by atoms with Crippen LogP contribution in [-0.2, 0) is 16.1 Å². The summed E-state index contributed by atoms with van der Waals surface area (Å²) in [7, 11) is 0. The van der Waals surface area contributed by atoms with Crippen molar-refractivity contribution >= 4 is 5.97 Å². The minimum absolute atomic E-state index is 0.0837. The number of benzene rings is 1. The maximum absolute atomic E-state index is 13.6. The first kappa shape index (κ1) is 13.8. The summed E-state index contributed by atoms with van der Waals surface area (Å²) >= 11 is 0. The molecule has 1 aromatic rings. The van der Waals surface area contributed by atoms with E-state index in [4.69, 9.17) is 9.47 Å². The lowest BCUT2D eigenvalue weighted by molar-refractivity contribution is -0.147. The van der Waals surface area contributed by atoms with E-state index in [9.17, 15) is 9.18 Å². The van der Waals surface area contributed by atoms with Gasteiger partial charge in [0.2, 0.25) is 0 Å². The summed E-state index contributed by atoms with van der Waals surface area (Å²) in [4.78, 5) is 11.7. The van der Waals surface area contributed by atoms with Gasteiger partial charge in [-0.3, -0.25) is 4.79 Å². The van der Waals surface area contributed by atoms with Crippen LogP contribution >= 0.6 is 0 Å². The van der Waals surface area contributed by atoms with Crippen molar-refractivity contribution in [1.29, 1.82) is 0 Å². The van der Waals surface area contributed by atoms with Gasteiger partial charge in [-0.05, 0) is 44.0 Å². The van der Waals surface area contributed by atoms with Crippen LogP contribution in [-0.4, -0.2) is 25.2 Å². The van der Waals surface area contributed by atoms with Crippen molar-refractivity contribution in [2.75, 3.05) is 13.2 Å². The molecule has 1 aromatic carbocycles. The smallest absolute Gasteiger partial charge is 0.323 e. The van der Waals surface area contributed by atoms with E-state index in [-0.39, 0.29) is 24.4 Å². The standard InChI is InChI=1S/C14H18FNO3/c1-2-18-13-6-5-10(8-11(13)15)9-19-14(17)12-4-3-7-16-12/h5-6,8,12,16H,2-4,7,9H2,1H3. The molecular weight excluding hydrogens is 249 g/mol. The molecule has 1 N–H and O–H groups in total. The monoisotopic (exact) mass is 267 g/mol. The van der Waals surface area contributed by atoms with Gasteiger partial charge in [-0.1, -0.05) is 6.07 Å². The Morgan fingerprint density at radius 1 is 1.53 bits per heavy atom. The van der Waals surface area contributed by atoms with Gasteiger partial charge in [0.25, 0.3) is 0 Å². The summed E-state index contributed by atoms with van der Waals surface area (Å²) < 4.78 is 23.8. The van der Waals surface area contributed by atoms with Crippen LogP contribution in [0.25, 0.3) is 0 Å². The van der Waals surface area contributed by atoms with Gasteiger partial charge in [0.15, 0.2) is 11.6 Å². The van der Waals surface area contributed by atoms with Gasteiger partial charge in [0.1, 0.15) is 12.6 Å². The topological polar surface area (TPSA) is 47.6 Å². The SMILES string of the molecule is CCOc1ccc(COC(=O)C2CCCN2)cc1F. The van der Waals surface area contributed by atoms with Crippen molar-refractivity contribution in [2.24, 2.45) is 0 Å². The van der Waals surface area contributed by atoms with E-state index in [2.05, 4.69) is 5.32 Å². The van der Waals surface area contributed by atoms with Crippen LogP contribution in [0, 0.1) is 5.82 Å². The van der Waals surface area contributed by atoms with E-state index in [1.165, 1.54) is 6.07 Å². The van der Waals surface area contributed by atoms with Crippen molar-refractivity contribution in [2.45, 2.75) is 32.4 Å². The molecule has 0 aliphatic carbocycles. The Bertz CT molecular complexity index is 444. The summed E-state index contributed by atoms with van der Waals surface area (Å²) in [5, 5.41) is 3.06. The van der Waals surface area contributed by atoms with E-state index < -0.39 is 5.82 Å². The third kappa shape index (κ3) is 3.67. The Balaban J connectivity index is 1.88. The first-order chi connectivity index (χ1) is 9.20. The van der Waals surface area contributed by atoms with Gasteiger partial charge in [-0.15, -0.1) is 0 Å². The quantitative estimate of drug-likeness (QED) is 0.829. The zero-order chi connectivity index (χ0) is 13.7. The molecule has 1 saturated heterocycles. The van der Waals surface area contributed by atoms with Crippen molar-refractivity contribution in [1.82, 2.24) is 5.32 Å². The summed E-state index contributed by atoms with van der Waals surface area (Å²) in [5.41, 5.74) is 0.618. The van der Waals surface area contributed by atoms with E-state index in [1.54, 1.807) is 19.1 Å². The van der Waals surface area contributed by atoms with Crippen molar-refractivity contribution in [3.8, 4) is 5.75 Å². The van der Waals surface area contributed by atoms with Gasteiger partial charge in [0.05, 0.1) is 6.61 Å². The summed E-state index contributed by atoms with van der Waals surface area (Å²) in [5.74, 6) is -0.490. The van der Waals surface area contributed by atoms with Crippen LogP contribution in [0.4, 0.5) is 4.39 Å². The molecule has 19 heavy (non-hydrogen) atoms. The van der Waals surface area contributed by atoms with Crippen LogP contribution in [0.1, 0.15) is 25.3 Å². The largest absolute Gasteiger partial charge is 0.491 e.